The summed E-state index contributed by atoms with van der Waals surface area (Å²) in [5, 5.41) is 8.58. The van der Waals surface area contributed by atoms with E-state index in [9.17, 15) is 0 Å². The van der Waals surface area contributed by atoms with Gasteiger partial charge in [-0.1, -0.05) is 11.8 Å². The van der Waals surface area contributed by atoms with E-state index in [4.69, 9.17) is 9.84 Å². The van der Waals surface area contributed by atoms with Gasteiger partial charge in [0.05, 0.1) is 12.8 Å². The number of hydrogen-bond acceptors (Lipinski definition) is 3. The number of hydrogen-bond donors (Lipinski definition) is 1. The first kappa shape index (κ1) is 11.5. The summed E-state index contributed by atoms with van der Waals surface area (Å²) in [7, 11) is 0. The summed E-state index contributed by atoms with van der Waals surface area (Å²) in [4.78, 5) is 4.03. The summed E-state index contributed by atoms with van der Waals surface area (Å²) in [6.45, 7) is 2.74. The van der Waals surface area contributed by atoms with Crippen molar-refractivity contribution in [2.45, 2.75) is 19.8 Å². The molecule has 1 N–H and O–H groups in total. The van der Waals surface area contributed by atoms with Crippen molar-refractivity contribution < 1.29 is 9.84 Å². The second kappa shape index (κ2) is 6.86. The molecule has 15 heavy (non-hydrogen) atoms. The van der Waals surface area contributed by atoms with Gasteiger partial charge in [-0.15, -0.1) is 0 Å². The molecule has 3 heteroatoms. The van der Waals surface area contributed by atoms with Crippen molar-refractivity contribution in [3.05, 3.63) is 24.0 Å². The largest absolute Gasteiger partial charge is 0.492 e. The van der Waals surface area contributed by atoms with Crippen LogP contribution in [0.2, 0.25) is 0 Å². The van der Waals surface area contributed by atoms with Crippen LogP contribution in [0.1, 0.15) is 25.3 Å². The molecule has 0 aliphatic carbocycles. The molecule has 1 aromatic rings. The predicted octanol–water partition coefficient (Wildman–Crippen LogP) is 1.60. The van der Waals surface area contributed by atoms with E-state index in [1.165, 1.54) is 0 Å². The van der Waals surface area contributed by atoms with E-state index < -0.39 is 0 Å². The van der Waals surface area contributed by atoms with Gasteiger partial charge in [-0.2, -0.15) is 0 Å². The summed E-state index contributed by atoms with van der Waals surface area (Å²) < 4.78 is 5.30. The number of aliphatic hydroxyl groups is 1. The topological polar surface area (TPSA) is 42.4 Å². The van der Waals surface area contributed by atoms with E-state index in [0.29, 0.717) is 19.4 Å². The third kappa shape index (κ3) is 4.48. The first-order valence-corrected chi connectivity index (χ1v) is 5.04. The van der Waals surface area contributed by atoms with Crippen LogP contribution in [0.15, 0.2) is 18.5 Å². The average molecular weight is 205 g/mol. The molecule has 3 nitrogen and oxygen atoms in total. The molecular weight excluding hydrogens is 190 g/mol. The van der Waals surface area contributed by atoms with Crippen molar-refractivity contribution >= 4 is 0 Å². The van der Waals surface area contributed by atoms with Crippen LogP contribution in [-0.4, -0.2) is 23.3 Å². The molecule has 0 amide bonds. The maximum atomic E-state index is 8.58. The minimum Gasteiger partial charge on any atom is -0.492 e. The van der Waals surface area contributed by atoms with E-state index in [2.05, 4.69) is 16.8 Å². The molecule has 0 bridgehead atoms. The van der Waals surface area contributed by atoms with Gasteiger partial charge in [0.15, 0.2) is 0 Å². The first-order valence-electron chi connectivity index (χ1n) is 5.04. The third-order valence-corrected chi connectivity index (χ3v) is 1.72. The van der Waals surface area contributed by atoms with Gasteiger partial charge >= 0.3 is 0 Å². The molecule has 80 valence electrons. The Balaban J connectivity index is 2.59. The van der Waals surface area contributed by atoms with E-state index in [0.717, 1.165) is 11.3 Å². The number of ether oxygens (including phenoxy) is 1. The number of pyridine rings is 1. The maximum absolute atomic E-state index is 8.58. The molecule has 0 radical (unpaired) electrons. The summed E-state index contributed by atoms with van der Waals surface area (Å²) >= 11 is 0. The quantitative estimate of drug-likeness (QED) is 0.599. The molecule has 1 aromatic heterocycles. The van der Waals surface area contributed by atoms with Crippen molar-refractivity contribution in [2.24, 2.45) is 0 Å². The fourth-order valence-corrected chi connectivity index (χ4v) is 1.06. The van der Waals surface area contributed by atoms with Crippen molar-refractivity contribution in [2.75, 3.05) is 13.2 Å². The highest BCUT2D eigenvalue weighted by Crippen LogP contribution is 2.09. The average Bonchev–Trinajstić information content (AvgIpc) is 2.26. The lowest BCUT2D eigenvalue weighted by atomic mass is 10.2. The molecule has 0 atom stereocenters. The van der Waals surface area contributed by atoms with Gasteiger partial charge in [0.25, 0.3) is 0 Å². The fourth-order valence-electron chi connectivity index (χ4n) is 1.06. The first-order chi connectivity index (χ1) is 7.36. The molecule has 0 aliphatic heterocycles. The Hall–Kier alpha value is -1.53. The van der Waals surface area contributed by atoms with Gasteiger partial charge < -0.3 is 9.84 Å². The Morgan fingerprint density at radius 2 is 2.33 bits per heavy atom. The Morgan fingerprint density at radius 1 is 1.47 bits per heavy atom. The smallest absolute Gasteiger partial charge is 0.138 e. The van der Waals surface area contributed by atoms with E-state index in [-0.39, 0.29) is 6.61 Å². The summed E-state index contributed by atoms with van der Waals surface area (Å²) in [5.74, 6) is 6.68. The van der Waals surface area contributed by atoms with Crippen LogP contribution >= 0.6 is 0 Å². The monoisotopic (exact) mass is 205 g/mol. The van der Waals surface area contributed by atoms with Crippen LogP contribution < -0.4 is 4.74 Å². The molecule has 0 aromatic carbocycles. The molecular formula is C12H15NO2. The van der Waals surface area contributed by atoms with Gasteiger partial charge in [-0.05, 0) is 19.4 Å². The molecule has 0 spiro atoms. The molecule has 0 saturated carbocycles. The molecule has 1 heterocycles. The second-order valence-electron chi connectivity index (χ2n) is 2.97. The van der Waals surface area contributed by atoms with E-state index in [1.54, 1.807) is 12.4 Å². The van der Waals surface area contributed by atoms with Crippen molar-refractivity contribution in [1.82, 2.24) is 4.98 Å². The third-order valence-electron chi connectivity index (χ3n) is 1.72. The molecule has 0 unspecified atom stereocenters. The van der Waals surface area contributed by atoms with Crippen molar-refractivity contribution in [1.29, 1.82) is 0 Å². The van der Waals surface area contributed by atoms with Crippen LogP contribution in [0.3, 0.4) is 0 Å². The Labute approximate surface area is 90.1 Å². The van der Waals surface area contributed by atoms with Gasteiger partial charge in [-0.25, -0.2) is 0 Å². The highest BCUT2D eigenvalue weighted by Gasteiger charge is 1.93. The SMILES string of the molecule is CCOc1cncc(C#CCCCO)c1. The van der Waals surface area contributed by atoms with E-state index in [1.807, 2.05) is 13.0 Å². The zero-order valence-electron chi connectivity index (χ0n) is 8.86. The molecule has 1 rings (SSSR count). The molecule has 0 aliphatic rings. The van der Waals surface area contributed by atoms with Crippen LogP contribution in [0.5, 0.6) is 5.75 Å². The lowest BCUT2D eigenvalue weighted by Gasteiger charge is -2.01. The number of nitrogens with zero attached hydrogens (tertiary/aromatic N) is 1. The summed E-state index contributed by atoms with van der Waals surface area (Å²) in [5.41, 5.74) is 0.846. The zero-order valence-corrected chi connectivity index (χ0v) is 8.86. The Kier molecular flexibility index (Phi) is 5.28. The number of rotatable bonds is 4. The summed E-state index contributed by atoms with van der Waals surface area (Å²) in [6.07, 6.45) is 4.79. The fraction of sp³-hybridized carbons (Fsp3) is 0.417. The predicted molar refractivity (Wildman–Crippen MR) is 58.6 cm³/mol. The normalized spacial score (nSPS) is 9.20. The maximum Gasteiger partial charge on any atom is 0.138 e. The lowest BCUT2D eigenvalue weighted by molar-refractivity contribution is 0.290. The lowest BCUT2D eigenvalue weighted by Crippen LogP contribution is -1.92. The number of unbranched alkanes of at least 4 members (excludes halogenated alkanes) is 1. The van der Waals surface area contributed by atoms with Gasteiger partial charge in [0.1, 0.15) is 5.75 Å². The summed E-state index contributed by atoms with van der Waals surface area (Å²) in [6, 6.07) is 1.86. The number of aliphatic hydroxyl groups excluding tert-OH is 1. The van der Waals surface area contributed by atoms with Crippen LogP contribution in [0.4, 0.5) is 0 Å². The minimum absolute atomic E-state index is 0.186. The van der Waals surface area contributed by atoms with Crippen molar-refractivity contribution in [3.63, 3.8) is 0 Å². The Bertz CT molecular complexity index is 352. The van der Waals surface area contributed by atoms with Crippen LogP contribution in [0, 0.1) is 11.8 Å². The highest BCUT2D eigenvalue weighted by molar-refractivity contribution is 5.36. The minimum atomic E-state index is 0.186. The van der Waals surface area contributed by atoms with Crippen molar-refractivity contribution in [3.8, 4) is 17.6 Å². The molecule has 0 fully saturated rings. The van der Waals surface area contributed by atoms with Gasteiger partial charge in [0.2, 0.25) is 0 Å². The molecule has 0 saturated heterocycles. The van der Waals surface area contributed by atoms with Gasteiger partial charge in [0, 0.05) is 24.8 Å². The van der Waals surface area contributed by atoms with Gasteiger partial charge in [-0.3, -0.25) is 4.98 Å². The zero-order chi connectivity index (χ0) is 10.9. The van der Waals surface area contributed by atoms with Crippen LogP contribution in [0.25, 0.3) is 0 Å². The second-order valence-corrected chi connectivity index (χ2v) is 2.97. The number of aromatic nitrogens is 1. The van der Waals surface area contributed by atoms with E-state index >= 15 is 0 Å². The standard InChI is InChI=1S/C12H15NO2/c1-2-15-12-8-11(9-13-10-12)6-4-3-5-7-14/h8-10,14H,2-3,5,7H2,1H3. The Morgan fingerprint density at radius 3 is 3.07 bits per heavy atom. The van der Waals surface area contributed by atoms with Crippen LogP contribution in [-0.2, 0) is 0 Å². The highest BCUT2D eigenvalue weighted by atomic mass is 16.5.